The molecule has 0 radical (unpaired) electrons. The van der Waals surface area contributed by atoms with Crippen LogP contribution in [0.5, 0.6) is 17.2 Å². The monoisotopic (exact) mass is 280 g/mol. The van der Waals surface area contributed by atoms with Crippen LogP contribution in [0, 0.1) is 0 Å². The van der Waals surface area contributed by atoms with Crippen molar-refractivity contribution >= 4 is 0 Å². The van der Waals surface area contributed by atoms with Gasteiger partial charge < -0.3 is 14.9 Å². The van der Waals surface area contributed by atoms with E-state index in [1.54, 1.807) is 0 Å². The normalized spacial score (nSPS) is 10.8. The Bertz CT molecular complexity index is 439. The van der Waals surface area contributed by atoms with Crippen molar-refractivity contribution in [3.63, 3.8) is 0 Å². The Morgan fingerprint density at radius 3 is 1.85 bits per heavy atom. The minimum Gasteiger partial charge on any atom is -0.504 e. The number of unbranched alkanes of at least 4 members (excludes halogenated alkanes) is 2. The highest BCUT2D eigenvalue weighted by Gasteiger charge is 2.21. The number of phenols is 2. The van der Waals surface area contributed by atoms with Gasteiger partial charge in [0.2, 0.25) is 5.75 Å². The van der Waals surface area contributed by atoms with Crippen molar-refractivity contribution in [1.29, 1.82) is 0 Å². The van der Waals surface area contributed by atoms with Gasteiger partial charge in [-0.15, -0.1) is 0 Å². The van der Waals surface area contributed by atoms with E-state index in [1.807, 2.05) is 6.92 Å². The van der Waals surface area contributed by atoms with Gasteiger partial charge in [-0.1, -0.05) is 40.5 Å². The van der Waals surface area contributed by atoms with Crippen LogP contribution in [-0.2, 0) is 19.3 Å². The first-order valence-corrected chi connectivity index (χ1v) is 7.83. The molecular formula is C17H28O3. The fourth-order valence-electron chi connectivity index (χ4n) is 2.72. The van der Waals surface area contributed by atoms with Gasteiger partial charge in [-0.25, -0.2) is 0 Å². The molecule has 0 saturated heterocycles. The first-order chi connectivity index (χ1) is 9.62. The van der Waals surface area contributed by atoms with E-state index in [2.05, 4.69) is 20.8 Å². The predicted octanol–water partition coefficient (Wildman–Crippen LogP) is 4.35. The van der Waals surface area contributed by atoms with Crippen molar-refractivity contribution in [3.8, 4) is 17.2 Å². The number of phenolic OH excluding ortho intramolecular Hbond substituents is 2. The van der Waals surface area contributed by atoms with Gasteiger partial charge in [0, 0.05) is 11.1 Å². The smallest absolute Gasteiger partial charge is 0.201 e. The summed E-state index contributed by atoms with van der Waals surface area (Å²) in [6, 6.07) is 0. The topological polar surface area (TPSA) is 49.7 Å². The molecular weight excluding hydrogens is 252 g/mol. The van der Waals surface area contributed by atoms with Gasteiger partial charge in [-0.2, -0.15) is 0 Å². The lowest BCUT2D eigenvalue weighted by molar-refractivity contribution is 0.280. The number of rotatable bonds is 8. The van der Waals surface area contributed by atoms with Crippen LogP contribution in [0.3, 0.4) is 0 Å². The molecule has 3 heteroatoms. The molecule has 3 nitrogen and oxygen atoms in total. The number of aromatic hydroxyl groups is 2. The molecule has 0 aliphatic heterocycles. The number of ether oxygens (including phenoxy) is 1. The van der Waals surface area contributed by atoms with Crippen molar-refractivity contribution < 1.29 is 14.9 Å². The van der Waals surface area contributed by atoms with Crippen molar-refractivity contribution in [1.82, 2.24) is 0 Å². The molecule has 0 amide bonds. The van der Waals surface area contributed by atoms with E-state index in [-0.39, 0.29) is 11.5 Å². The molecule has 0 aliphatic rings. The maximum atomic E-state index is 10.2. The lowest BCUT2D eigenvalue weighted by Crippen LogP contribution is -2.06. The molecule has 0 aliphatic carbocycles. The van der Waals surface area contributed by atoms with Crippen LogP contribution in [0.2, 0.25) is 0 Å². The van der Waals surface area contributed by atoms with Gasteiger partial charge >= 0.3 is 0 Å². The highest BCUT2D eigenvalue weighted by molar-refractivity contribution is 5.62. The third kappa shape index (κ3) is 3.38. The minimum absolute atomic E-state index is 0.00737. The number of hydrogen-bond donors (Lipinski definition) is 2. The molecule has 0 bridgehead atoms. The van der Waals surface area contributed by atoms with Crippen LogP contribution in [0.1, 0.15) is 63.6 Å². The second-order valence-electron chi connectivity index (χ2n) is 5.08. The van der Waals surface area contributed by atoms with E-state index < -0.39 is 0 Å². The van der Waals surface area contributed by atoms with Gasteiger partial charge in [0.15, 0.2) is 11.5 Å². The Morgan fingerprint density at radius 1 is 0.750 bits per heavy atom. The summed E-state index contributed by atoms with van der Waals surface area (Å²) >= 11 is 0. The first kappa shape index (κ1) is 16.7. The van der Waals surface area contributed by atoms with Gasteiger partial charge in [0.05, 0.1) is 6.61 Å². The SMILES string of the molecule is CCCCCOc1c(O)c(O)c(CC)c(CC)c1CC. The van der Waals surface area contributed by atoms with Crippen molar-refractivity contribution in [2.24, 2.45) is 0 Å². The van der Waals surface area contributed by atoms with Crippen molar-refractivity contribution in [2.45, 2.75) is 66.2 Å². The molecule has 2 N–H and O–H groups in total. The van der Waals surface area contributed by atoms with E-state index in [0.717, 1.165) is 48.8 Å². The van der Waals surface area contributed by atoms with Crippen LogP contribution in [0.25, 0.3) is 0 Å². The van der Waals surface area contributed by atoms with Gasteiger partial charge in [0.25, 0.3) is 0 Å². The third-order valence-electron chi connectivity index (χ3n) is 3.78. The predicted molar refractivity (Wildman–Crippen MR) is 82.9 cm³/mol. The summed E-state index contributed by atoms with van der Waals surface area (Å²) in [5.41, 5.74) is 3.01. The summed E-state index contributed by atoms with van der Waals surface area (Å²) in [4.78, 5) is 0. The van der Waals surface area contributed by atoms with Crippen LogP contribution < -0.4 is 4.74 Å². The molecule has 20 heavy (non-hydrogen) atoms. The molecule has 0 heterocycles. The van der Waals surface area contributed by atoms with Gasteiger partial charge in [-0.05, 0) is 31.2 Å². The summed E-state index contributed by atoms with van der Waals surface area (Å²) < 4.78 is 5.77. The minimum atomic E-state index is -0.0904. The molecule has 0 atom stereocenters. The molecule has 0 saturated carbocycles. The molecule has 1 aromatic carbocycles. The highest BCUT2D eigenvalue weighted by atomic mass is 16.5. The maximum Gasteiger partial charge on any atom is 0.201 e. The van der Waals surface area contributed by atoms with Crippen LogP contribution >= 0.6 is 0 Å². The van der Waals surface area contributed by atoms with E-state index in [9.17, 15) is 10.2 Å². The summed E-state index contributed by atoms with van der Waals surface area (Å²) in [7, 11) is 0. The Kier molecular flexibility index (Phi) is 6.69. The zero-order valence-electron chi connectivity index (χ0n) is 13.3. The number of hydrogen-bond acceptors (Lipinski definition) is 3. The summed E-state index contributed by atoms with van der Waals surface area (Å²) in [6.07, 6.45) is 5.57. The van der Waals surface area contributed by atoms with E-state index in [1.165, 1.54) is 0 Å². The second-order valence-corrected chi connectivity index (χ2v) is 5.08. The summed E-state index contributed by atoms with van der Waals surface area (Å²) in [5.74, 6) is 0.384. The van der Waals surface area contributed by atoms with Crippen LogP contribution in [0.4, 0.5) is 0 Å². The average molecular weight is 280 g/mol. The van der Waals surface area contributed by atoms with Crippen molar-refractivity contribution in [3.05, 3.63) is 16.7 Å². The number of benzene rings is 1. The standard InChI is InChI=1S/C17H28O3/c1-5-9-10-11-20-17-14(8-4)12(6-2)13(7-3)15(18)16(17)19/h18-19H,5-11H2,1-4H3. The van der Waals surface area contributed by atoms with Crippen molar-refractivity contribution in [2.75, 3.05) is 6.61 Å². The molecule has 1 rings (SSSR count). The molecule has 0 spiro atoms. The zero-order chi connectivity index (χ0) is 15.1. The van der Waals surface area contributed by atoms with E-state index in [0.29, 0.717) is 18.8 Å². The van der Waals surface area contributed by atoms with Crippen LogP contribution in [-0.4, -0.2) is 16.8 Å². The molecule has 0 fully saturated rings. The highest BCUT2D eigenvalue weighted by Crippen LogP contribution is 2.44. The quantitative estimate of drug-likeness (QED) is 0.549. The fourth-order valence-corrected chi connectivity index (χ4v) is 2.72. The Labute approximate surface area is 122 Å². The third-order valence-corrected chi connectivity index (χ3v) is 3.78. The fraction of sp³-hybridized carbons (Fsp3) is 0.647. The summed E-state index contributed by atoms with van der Waals surface area (Å²) in [5, 5.41) is 20.4. The lowest BCUT2D eigenvalue weighted by Gasteiger charge is -2.20. The molecule has 1 aromatic rings. The largest absolute Gasteiger partial charge is 0.504 e. The Hall–Kier alpha value is -1.38. The van der Waals surface area contributed by atoms with Crippen LogP contribution in [0.15, 0.2) is 0 Å². The average Bonchev–Trinajstić information content (AvgIpc) is 2.47. The molecule has 0 aromatic heterocycles. The first-order valence-electron chi connectivity index (χ1n) is 7.83. The molecule has 0 unspecified atom stereocenters. The van der Waals surface area contributed by atoms with E-state index >= 15 is 0 Å². The lowest BCUT2D eigenvalue weighted by atomic mass is 9.93. The second kappa shape index (κ2) is 8.03. The Morgan fingerprint density at radius 2 is 1.35 bits per heavy atom. The zero-order valence-corrected chi connectivity index (χ0v) is 13.3. The van der Waals surface area contributed by atoms with Gasteiger partial charge in [0.1, 0.15) is 0 Å². The summed E-state index contributed by atoms with van der Waals surface area (Å²) in [6.45, 7) is 8.86. The maximum absolute atomic E-state index is 10.2. The van der Waals surface area contributed by atoms with Gasteiger partial charge in [-0.3, -0.25) is 0 Å². The van der Waals surface area contributed by atoms with E-state index in [4.69, 9.17) is 4.74 Å². The Balaban J connectivity index is 3.17. The molecule has 114 valence electrons.